The van der Waals surface area contributed by atoms with Gasteiger partial charge in [0.15, 0.2) is 0 Å². The van der Waals surface area contributed by atoms with Crippen LogP contribution < -0.4 is 16.8 Å². The zero-order valence-corrected chi connectivity index (χ0v) is 16.3. The first-order chi connectivity index (χ1) is 13.1. The van der Waals surface area contributed by atoms with Gasteiger partial charge in [0.2, 0.25) is 0 Å². The smallest absolute Gasteiger partial charge is 0.263 e. The largest absolute Gasteiger partial charge is 0.397 e. The van der Waals surface area contributed by atoms with E-state index in [0.717, 1.165) is 9.75 Å². The van der Waals surface area contributed by atoms with Gasteiger partial charge in [0.25, 0.3) is 5.91 Å². The van der Waals surface area contributed by atoms with Crippen molar-refractivity contribution in [1.82, 2.24) is 10.3 Å². The number of amides is 1. The highest BCUT2D eigenvalue weighted by molar-refractivity contribution is 7.21. The van der Waals surface area contributed by atoms with E-state index in [9.17, 15) is 10.1 Å². The van der Waals surface area contributed by atoms with Gasteiger partial charge >= 0.3 is 0 Å². The lowest BCUT2D eigenvalue weighted by Gasteiger charge is -2.07. The van der Waals surface area contributed by atoms with E-state index in [-0.39, 0.29) is 17.3 Å². The molecule has 0 unspecified atom stereocenters. The predicted octanol–water partition coefficient (Wildman–Crippen LogP) is 4.05. The summed E-state index contributed by atoms with van der Waals surface area (Å²) in [5, 5.41) is 16.9. The molecule has 0 spiro atoms. The summed E-state index contributed by atoms with van der Waals surface area (Å²) >= 11 is 4.23. The molecule has 0 bridgehead atoms. The van der Waals surface area contributed by atoms with Crippen LogP contribution in [0.5, 0.6) is 0 Å². The number of nitrogens with one attached hydrogen (secondary N) is 1. The molecule has 4 rings (SSSR count). The summed E-state index contributed by atoms with van der Waals surface area (Å²) in [6.07, 6.45) is 0. The quantitative estimate of drug-likeness (QED) is 0.468. The van der Waals surface area contributed by atoms with Gasteiger partial charge in [0.05, 0.1) is 12.2 Å². The molecule has 4 aromatic heterocycles. The number of nitriles is 1. The third kappa shape index (κ3) is 3.04. The van der Waals surface area contributed by atoms with Crippen molar-refractivity contribution in [1.29, 1.82) is 5.26 Å². The molecule has 9 heteroatoms. The number of nitrogens with zero attached hydrogens (tertiary/aromatic N) is 2. The Labute approximate surface area is 166 Å². The molecule has 27 heavy (non-hydrogen) atoms. The molecular weight excluding hydrogens is 398 g/mol. The Morgan fingerprint density at radius 2 is 2.00 bits per heavy atom. The number of nitrogens with two attached hydrogens (primary N) is 2. The fourth-order valence-corrected chi connectivity index (χ4v) is 5.24. The third-order valence-corrected chi connectivity index (χ3v) is 6.86. The molecule has 4 aromatic rings. The molecule has 1 amide bonds. The molecule has 6 nitrogen and oxygen atoms in total. The third-order valence-electron chi connectivity index (χ3n) is 3.99. The van der Waals surface area contributed by atoms with Crippen LogP contribution in [-0.2, 0) is 6.54 Å². The van der Waals surface area contributed by atoms with E-state index in [2.05, 4.69) is 16.4 Å². The standard InChI is InChI=1S/C18H13N5OS3/c19-7-10-12(11-4-2-6-26-11)13-14(20)15(27-18(13)23-16(10)21)17(24)22-8-9-3-1-5-25-9/h1-6H,8,20H2,(H2,21,23)(H,22,24). The fraction of sp³-hybridized carbons (Fsp3) is 0.0556. The second-order valence-electron chi connectivity index (χ2n) is 5.62. The Hall–Kier alpha value is -2.93. The molecule has 0 radical (unpaired) electrons. The van der Waals surface area contributed by atoms with Crippen molar-refractivity contribution < 1.29 is 4.79 Å². The molecule has 0 atom stereocenters. The molecule has 0 aliphatic carbocycles. The minimum Gasteiger partial charge on any atom is -0.397 e. The van der Waals surface area contributed by atoms with E-state index in [4.69, 9.17) is 11.5 Å². The maximum absolute atomic E-state index is 12.7. The summed E-state index contributed by atoms with van der Waals surface area (Å²) in [6.45, 7) is 0.432. The first-order valence-electron chi connectivity index (χ1n) is 7.86. The van der Waals surface area contributed by atoms with Crippen LogP contribution >= 0.6 is 34.0 Å². The van der Waals surface area contributed by atoms with E-state index >= 15 is 0 Å². The number of thiophene rings is 3. The first kappa shape index (κ1) is 17.5. The molecule has 4 heterocycles. The van der Waals surface area contributed by atoms with Crippen molar-refractivity contribution in [2.45, 2.75) is 6.54 Å². The van der Waals surface area contributed by atoms with Crippen molar-refractivity contribution >= 4 is 61.6 Å². The van der Waals surface area contributed by atoms with Gasteiger partial charge in [-0.1, -0.05) is 12.1 Å². The lowest BCUT2D eigenvalue weighted by atomic mass is 10.0. The van der Waals surface area contributed by atoms with Crippen molar-refractivity contribution in [3.63, 3.8) is 0 Å². The van der Waals surface area contributed by atoms with Crippen molar-refractivity contribution in [2.75, 3.05) is 11.5 Å². The van der Waals surface area contributed by atoms with Gasteiger partial charge in [-0.05, 0) is 22.9 Å². The Balaban J connectivity index is 1.83. The molecule has 0 aromatic carbocycles. The number of rotatable bonds is 4. The van der Waals surface area contributed by atoms with Crippen LogP contribution in [0, 0.1) is 11.3 Å². The van der Waals surface area contributed by atoms with Crippen molar-refractivity contribution in [3.05, 3.63) is 50.3 Å². The molecule has 0 fully saturated rings. The number of carbonyl (C=O) groups excluding carboxylic acids is 1. The Kier molecular flexibility index (Phi) is 4.53. The molecule has 0 saturated carbocycles. The number of carbonyl (C=O) groups is 1. The Bertz CT molecular complexity index is 1170. The number of fused-ring (bicyclic) bond motifs is 1. The van der Waals surface area contributed by atoms with Gasteiger partial charge in [-0.2, -0.15) is 5.26 Å². The second kappa shape index (κ2) is 7.00. The summed E-state index contributed by atoms with van der Waals surface area (Å²) in [4.78, 5) is 19.8. The summed E-state index contributed by atoms with van der Waals surface area (Å²) in [5.74, 6) is -0.127. The van der Waals surface area contributed by atoms with Crippen LogP contribution in [0.15, 0.2) is 35.0 Å². The van der Waals surface area contributed by atoms with Gasteiger partial charge < -0.3 is 16.8 Å². The molecule has 5 N–H and O–H groups in total. The monoisotopic (exact) mass is 411 g/mol. The zero-order chi connectivity index (χ0) is 19.0. The fourth-order valence-electron chi connectivity index (χ4n) is 2.78. The highest BCUT2D eigenvalue weighted by Crippen LogP contribution is 2.43. The van der Waals surface area contributed by atoms with Crippen LogP contribution in [0.4, 0.5) is 11.5 Å². The SMILES string of the molecule is N#Cc1c(N)nc2sc(C(=O)NCc3cccs3)c(N)c2c1-c1cccs1. The Morgan fingerprint density at radius 1 is 1.22 bits per heavy atom. The van der Waals surface area contributed by atoms with E-state index in [1.165, 1.54) is 22.7 Å². The van der Waals surface area contributed by atoms with E-state index in [0.29, 0.717) is 32.9 Å². The van der Waals surface area contributed by atoms with Gasteiger partial charge in [-0.25, -0.2) is 4.98 Å². The normalized spacial score (nSPS) is 10.8. The van der Waals surface area contributed by atoms with Crippen LogP contribution in [-0.4, -0.2) is 10.9 Å². The number of anilines is 2. The van der Waals surface area contributed by atoms with E-state index in [1.807, 2.05) is 35.0 Å². The minimum atomic E-state index is -0.266. The maximum atomic E-state index is 12.7. The average molecular weight is 412 g/mol. The zero-order valence-electron chi connectivity index (χ0n) is 13.9. The van der Waals surface area contributed by atoms with Gasteiger partial charge in [-0.15, -0.1) is 34.0 Å². The second-order valence-corrected chi connectivity index (χ2v) is 8.60. The van der Waals surface area contributed by atoms with Gasteiger partial charge in [0.1, 0.15) is 27.2 Å². The lowest BCUT2D eigenvalue weighted by molar-refractivity contribution is 0.0956. The summed E-state index contributed by atoms with van der Waals surface area (Å²) < 4.78 is 0. The average Bonchev–Trinajstić information content (AvgIpc) is 3.41. The van der Waals surface area contributed by atoms with Crippen molar-refractivity contribution in [2.24, 2.45) is 0 Å². The topological polar surface area (TPSA) is 118 Å². The maximum Gasteiger partial charge on any atom is 0.263 e. The van der Waals surface area contributed by atoms with Crippen LogP contribution in [0.3, 0.4) is 0 Å². The predicted molar refractivity (Wildman–Crippen MR) is 112 cm³/mol. The summed E-state index contributed by atoms with van der Waals surface area (Å²) in [6, 6.07) is 9.80. The number of aromatic nitrogens is 1. The first-order valence-corrected chi connectivity index (χ1v) is 10.4. The highest BCUT2D eigenvalue weighted by Gasteiger charge is 2.24. The molecule has 0 aliphatic heterocycles. The van der Waals surface area contributed by atoms with Crippen LogP contribution in [0.2, 0.25) is 0 Å². The summed E-state index contributed by atoms with van der Waals surface area (Å²) in [7, 11) is 0. The van der Waals surface area contributed by atoms with Crippen LogP contribution in [0.25, 0.3) is 20.7 Å². The number of hydrogen-bond acceptors (Lipinski definition) is 8. The lowest BCUT2D eigenvalue weighted by Crippen LogP contribution is -2.22. The molecule has 0 saturated heterocycles. The van der Waals surface area contributed by atoms with E-state index in [1.54, 1.807) is 11.3 Å². The van der Waals surface area contributed by atoms with Gasteiger partial charge in [-0.3, -0.25) is 4.79 Å². The van der Waals surface area contributed by atoms with Crippen molar-refractivity contribution in [3.8, 4) is 16.5 Å². The Morgan fingerprint density at radius 3 is 2.67 bits per heavy atom. The van der Waals surface area contributed by atoms with Gasteiger partial charge in [0, 0.05) is 20.7 Å². The molecule has 134 valence electrons. The molecule has 0 aliphatic rings. The highest BCUT2D eigenvalue weighted by atomic mass is 32.1. The molecular formula is C18H13N5OS3. The number of pyridine rings is 1. The summed E-state index contributed by atoms with van der Waals surface area (Å²) in [5.41, 5.74) is 13.6. The minimum absolute atomic E-state index is 0.139. The number of nitrogen functional groups attached to an aromatic ring is 2. The number of hydrogen-bond donors (Lipinski definition) is 3. The van der Waals surface area contributed by atoms with Crippen LogP contribution in [0.1, 0.15) is 20.1 Å². The van der Waals surface area contributed by atoms with E-state index < -0.39 is 0 Å².